The maximum Gasteiger partial charge on any atom is 0.326 e. The number of hydrogen-bond acceptors (Lipinski definition) is 2. The molecule has 0 saturated carbocycles. The van der Waals surface area contributed by atoms with E-state index in [-0.39, 0.29) is 0 Å². The minimum Gasteiger partial charge on any atom is -0.480 e. The molecule has 5 heteroatoms. The molecule has 0 fully saturated rings. The Morgan fingerprint density at radius 2 is 2.11 bits per heavy atom. The lowest BCUT2D eigenvalue weighted by Crippen LogP contribution is -2.45. The van der Waals surface area contributed by atoms with Crippen molar-refractivity contribution in [3.05, 3.63) is 35.4 Å². The van der Waals surface area contributed by atoms with E-state index in [9.17, 15) is 9.59 Å². The zero-order valence-electron chi connectivity index (χ0n) is 10.6. The number of carbonyl (C=O) groups is 2. The Kier molecular flexibility index (Phi) is 5.17. The summed E-state index contributed by atoms with van der Waals surface area (Å²) in [4.78, 5) is 22.2. The molecule has 0 heterocycles. The van der Waals surface area contributed by atoms with Crippen molar-refractivity contribution in [1.29, 1.82) is 0 Å². The van der Waals surface area contributed by atoms with Crippen LogP contribution in [0.5, 0.6) is 0 Å². The van der Waals surface area contributed by atoms with Gasteiger partial charge in [-0.15, -0.1) is 0 Å². The molecule has 0 aliphatic carbocycles. The molecule has 1 atom stereocenters. The first-order valence-corrected chi connectivity index (χ1v) is 5.85. The number of carbonyl (C=O) groups excluding carboxylic acids is 1. The van der Waals surface area contributed by atoms with E-state index in [4.69, 9.17) is 5.11 Å². The Hall–Kier alpha value is -2.04. The predicted molar refractivity (Wildman–Crippen MR) is 68.3 cm³/mol. The van der Waals surface area contributed by atoms with Crippen molar-refractivity contribution < 1.29 is 14.7 Å². The van der Waals surface area contributed by atoms with Crippen LogP contribution in [0, 0.1) is 6.92 Å². The molecule has 18 heavy (non-hydrogen) atoms. The molecule has 0 saturated heterocycles. The highest BCUT2D eigenvalue weighted by Gasteiger charge is 2.16. The molecule has 0 spiro atoms. The molecule has 0 aliphatic heterocycles. The zero-order chi connectivity index (χ0) is 13.5. The number of benzene rings is 1. The number of aliphatic carboxylic acids is 1. The molecule has 3 N–H and O–H groups in total. The SMILES string of the molecule is CCC(NC(=O)NCc1cccc(C)c1)C(=O)O. The van der Waals surface area contributed by atoms with Gasteiger partial charge in [-0.1, -0.05) is 36.8 Å². The van der Waals surface area contributed by atoms with Gasteiger partial charge in [0, 0.05) is 6.54 Å². The van der Waals surface area contributed by atoms with Gasteiger partial charge >= 0.3 is 12.0 Å². The number of urea groups is 1. The molecule has 0 aliphatic rings. The van der Waals surface area contributed by atoms with Gasteiger partial charge in [0.25, 0.3) is 0 Å². The van der Waals surface area contributed by atoms with E-state index >= 15 is 0 Å². The van der Waals surface area contributed by atoms with Crippen molar-refractivity contribution in [3.8, 4) is 0 Å². The Labute approximate surface area is 106 Å². The number of nitrogens with one attached hydrogen (secondary N) is 2. The third kappa shape index (κ3) is 4.45. The summed E-state index contributed by atoms with van der Waals surface area (Å²) in [5.74, 6) is -1.02. The van der Waals surface area contributed by atoms with Gasteiger partial charge in [0.05, 0.1) is 0 Å². The van der Waals surface area contributed by atoms with Crippen molar-refractivity contribution in [2.45, 2.75) is 32.9 Å². The quantitative estimate of drug-likeness (QED) is 0.743. The maximum absolute atomic E-state index is 11.5. The van der Waals surface area contributed by atoms with Crippen LogP contribution in [0.4, 0.5) is 4.79 Å². The van der Waals surface area contributed by atoms with Gasteiger partial charge in [-0.2, -0.15) is 0 Å². The highest BCUT2D eigenvalue weighted by atomic mass is 16.4. The number of aryl methyl sites for hydroxylation is 1. The number of carboxylic acid groups (broad SMARTS) is 1. The van der Waals surface area contributed by atoms with Gasteiger partial charge in [-0.25, -0.2) is 9.59 Å². The van der Waals surface area contributed by atoms with Crippen LogP contribution in [0.15, 0.2) is 24.3 Å². The first-order valence-electron chi connectivity index (χ1n) is 5.85. The second-order valence-corrected chi connectivity index (χ2v) is 4.12. The van der Waals surface area contributed by atoms with Crippen LogP contribution in [0.3, 0.4) is 0 Å². The Bertz CT molecular complexity index is 432. The Morgan fingerprint density at radius 3 is 2.67 bits per heavy atom. The second kappa shape index (κ2) is 6.64. The topological polar surface area (TPSA) is 78.4 Å². The van der Waals surface area contributed by atoms with Crippen LogP contribution in [0.1, 0.15) is 24.5 Å². The zero-order valence-corrected chi connectivity index (χ0v) is 10.6. The van der Waals surface area contributed by atoms with Crippen molar-refractivity contribution in [2.75, 3.05) is 0 Å². The van der Waals surface area contributed by atoms with E-state index in [1.165, 1.54) is 0 Å². The molecule has 1 aromatic rings. The van der Waals surface area contributed by atoms with Crippen molar-refractivity contribution >= 4 is 12.0 Å². The van der Waals surface area contributed by atoms with E-state index in [0.29, 0.717) is 13.0 Å². The summed E-state index contributed by atoms with van der Waals surface area (Å²) in [7, 11) is 0. The molecule has 2 amide bonds. The average molecular weight is 250 g/mol. The van der Waals surface area contributed by atoms with E-state index in [1.807, 2.05) is 31.2 Å². The largest absolute Gasteiger partial charge is 0.480 e. The highest BCUT2D eigenvalue weighted by molar-refractivity contribution is 5.82. The molecule has 1 unspecified atom stereocenters. The summed E-state index contributed by atoms with van der Waals surface area (Å²) in [5, 5.41) is 13.8. The minimum absolute atomic E-state index is 0.354. The third-order valence-electron chi connectivity index (χ3n) is 2.55. The molecular formula is C13H18N2O3. The molecule has 1 rings (SSSR count). The highest BCUT2D eigenvalue weighted by Crippen LogP contribution is 2.03. The summed E-state index contributed by atoms with van der Waals surface area (Å²) in [6, 6.07) is 6.45. The summed E-state index contributed by atoms with van der Waals surface area (Å²) in [5.41, 5.74) is 2.10. The van der Waals surface area contributed by atoms with Crippen LogP contribution in [0.2, 0.25) is 0 Å². The number of amides is 2. The van der Waals surface area contributed by atoms with Gasteiger partial charge in [-0.3, -0.25) is 0 Å². The molecule has 1 aromatic carbocycles. The summed E-state index contributed by atoms with van der Waals surface area (Å²) >= 11 is 0. The van der Waals surface area contributed by atoms with Crippen LogP contribution >= 0.6 is 0 Å². The lowest BCUT2D eigenvalue weighted by molar-refractivity contribution is -0.139. The number of hydrogen-bond donors (Lipinski definition) is 3. The van der Waals surface area contributed by atoms with Gasteiger partial charge in [0.2, 0.25) is 0 Å². The summed E-state index contributed by atoms with van der Waals surface area (Å²) < 4.78 is 0. The first-order chi connectivity index (χ1) is 8.52. The maximum atomic E-state index is 11.5. The molecule has 5 nitrogen and oxygen atoms in total. The van der Waals surface area contributed by atoms with Crippen LogP contribution in [-0.2, 0) is 11.3 Å². The molecule has 98 valence electrons. The average Bonchev–Trinajstić information content (AvgIpc) is 2.33. The van der Waals surface area contributed by atoms with Crippen LogP contribution in [-0.4, -0.2) is 23.1 Å². The third-order valence-corrected chi connectivity index (χ3v) is 2.55. The van der Waals surface area contributed by atoms with Gasteiger partial charge in [0.1, 0.15) is 6.04 Å². The fraction of sp³-hybridized carbons (Fsp3) is 0.385. The smallest absolute Gasteiger partial charge is 0.326 e. The molecular weight excluding hydrogens is 232 g/mol. The van der Waals surface area contributed by atoms with Crippen molar-refractivity contribution in [3.63, 3.8) is 0 Å². The first kappa shape index (κ1) is 14.0. The fourth-order valence-corrected chi connectivity index (χ4v) is 1.55. The lowest BCUT2D eigenvalue weighted by atomic mass is 10.1. The van der Waals surface area contributed by atoms with Crippen LogP contribution < -0.4 is 10.6 Å². The second-order valence-electron chi connectivity index (χ2n) is 4.12. The standard InChI is InChI=1S/C13H18N2O3/c1-3-11(12(16)17)15-13(18)14-8-10-6-4-5-9(2)7-10/h4-7,11H,3,8H2,1-2H3,(H,16,17)(H2,14,15,18). The van der Waals surface area contributed by atoms with Gasteiger partial charge < -0.3 is 15.7 Å². The van der Waals surface area contributed by atoms with Crippen LogP contribution in [0.25, 0.3) is 0 Å². The van der Waals surface area contributed by atoms with Crippen molar-refractivity contribution in [2.24, 2.45) is 0 Å². The normalized spacial score (nSPS) is 11.7. The van der Waals surface area contributed by atoms with E-state index in [1.54, 1.807) is 6.92 Å². The number of carboxylic acids is 1. The monoisotopic (exact) mass is 250 g/mol. The fourth-order valence-electron chi connectivity index (χ4n) is 1.55. The lowest BCUT2D eigenvalue weighted by Gasteiger charge is -2.13. The Morgan fingerprint density at radius 1 is 1.39 bits per heavy atom. The minimum atomic E-state index is -1.02. The van der Waals surface area contributed by atoms with E-state index in [0.717, 1.165) is 11.1 Å². The van der Waals surface area contributed by atoms with Gasteiger partial charge in [-0.05, 0) is 18.9 Å². The molecule has 0 bridgehead atoms. The van der Waals surface area contributed by atoms with E-state index < -0.39 is 18.0 Å². The predicted octanol–water partition coefficient (Wildman–Crippen LogP) is 1.66. The summed E-state index contributed by atoms with van der Waals surface area (Å²) in [6.45, 7) is 4.06. The van der Waals surface area contributed by atoms with Gasteiger partial charge in [0.15, 0.2) is 0 Å². The van der Waals surface area contributed by atoms with Crippen molar-refractivity contribution in [1.82, 2.24) is 10.6 Å². The molecule has 0 aromatic heterocycles. The Balaban J connectivity index is 2.44. The molecule has 0 radical (unpaired) electrons. The summed E-state index contributed by atoms with van der Waals surface area (Å²) in [6.07, 6.45) is 0.354. The van der Waals surface area contributed by atoms with E-state index in [2.05, 4.69) is 10.6 Å². The number of rotatable bonds is 5.